The Morgan fingerprint density at radius 2 is 1.92 bits per heavy atom. The number of sulfonamides is 1. The molecule has 12 heteroatoms. The molecule has 0 fully saturated rings. The van der Waals surface area contributed by atoms with Gasteiger partial charge in [-0.3, -0.25) is 4.79 Å². The number of carbonyl (C=O) groups excluding carboxylic acids is 1. The van der Waals surface area contributed by atoms with Crippen molar-refractivity contribution in [3.63, 3.8) is 0 Å². The van der Waals surface area contributed by atoms with Gasteiger partial charge in [-0.2, -0.15) is 5.10 Å². The molecule has 1 aromatic heterocycles. The van der Waals surface area contributed by atoms with Crippen molar-refractivity contribution in [1.82, 2.24) is 8.98 Å². The highest BCUT2D eigenvalue weighted by atomic mass is 32.2. The third kappa shape index (κ3) is 5.14. The molecule has 2 heterocycles. The molecule has 0 aliphatic carbocycles. The Morgan fingerprint density at radius 1 is 1.11 bits per heavy atom. The molecule has 0 unspecified atom stereocenters. The molecule has 0 saturated heterocycles. The number of benzene rings is 3. The highest BCUT2D eigenvalue weighted by molar-refractivity contribution is 7.89. The second kappa shape index (κ2) is 10.3. The number of carbonyl (C=O) groups is 1. The number of halogens is 1. The van der Waals surface area contributed by atoms with Crippen LogP contribution in [0.15, 0.2) is 87.1 Å². The van der Waals surface area contributed by atoms with Crippen molar-refractivity contribution in [3.8, 4) is 17.0 Å². The number of aromatic nitrogens is 1. The fourth-order valence-electron chi connectivity index (χ4n) is 3.66. The molecular weight excluding hydrogens is 529 g/mol. The number of thiazole rings is 1. The lowest BCUT2D eigenvalue weighted by atomic mass is 10.1. The standard InChI is InChI=1S/C26H22FN5O4S2/c1-31(2)38(34,35)20-8-5-7-19(13-20)29-26-32(28-14-18-6-3-4-9-21(18)27)23(16-37-26)17-10-11-24-22(12-17)30-25(33)15-36-24/h3-14,16H,15H2,1-2H3,(H,30,33). The summed E-state index contributed by atoms with van der Waals surface area (Å²) in [4.78, 5) is 17.0. The van der Waals surface area contributed by atoms with E-state index in [1.807, 2.05) is 11.4 Å². The molecule has 194 valence electrons. The van der Waals surface area contributed by atoms with Gasteiger partial charge in [-0.25, -0.2) is 26.8 Å². The Hall–Kier alpha value is -4.13. The topological polar surface area (TPSA) is 105 Å². The number of nitrogens with one attached hydrogen (secondary N) is 1. The third-order valence-electron chi connectivity index (χ3n) is 5.63. The van der Waals surface area contributed by atoms with Crippen LogP contribution in [0.25, 0.3) is 11.3 Å². The molecule has 38 heavy (non-hydrogen) atoms. The number of ether oxygens (including phenoxy) is 1. The average molecular weight is 552 g/mol. The van der Waals surface area contributed by atoms with Crippen LogP contribution in [0.2, 0.25) is 0 Å². The summed E-state index contributed by atoms with van der Waals surface area (Å²) in [6.45, 7) is -0.0522. The lowest BCUT2D eigenvalue weighted by molar-refractivity contribution is -0.118. The van der Waals surface area contributed by atoms with Crippen LogP contribution in [-0.2, 0) is 14.8 Å². The van der Waals surface area contributed by atoms with E-state index in [4.69, 9.17) is 4.74 Å². The number of rotatable bonds is 6. The first-order chi connectivity index (χ1) is 18.2. The summed E-state index contributed by atoms with van der Waals surface area (Å²) >= 11 is 1.27. The zero-order chi connectivity index (χ0) is 26.9. The third-order valence-corrected chi connectivity index (χ3v) is 8.26. The number of anilines is 1. The van der Waals surface area contributed by atoms with Crippen molar-refractivity contribution in [3.05, 3.63) is 88.3 Å². The summed E-state index contributed by atoms with van der Waals surface area (Å²) in [6.07, 6.45) is 1.39. The summed E-state index contributed by atoms with van der Waals surface area (Å²) in [7, 11) is -0.731. The van der Waals surface area contributed by atoms with Crippen LogP contribution in [0.5, 0.6) is 5.75 Å². The maximum Gasteiger partial charge on any atom is 0.262 e. The first kappa shape index (κ1) is 25.5. The Bertz CT molecular complexity index is 1740. The highest BCUT2D eigenvalue weighted by Crippen LogP contribution is 2.33. The molecule has 0 bridgehead atoms. The zero-order valence-corrected chi connectivity index (χ0v) is 22.0. The monoisotopic (exact) mass is 551 g/mol. The van der Waals surface area contributed by atoms with Crippen LogP contribution in [0, 0.1) is 5.82 Å². The Kier molecular flexibility index (Phi) is 6.93. The second-order valence-electron chi connectivity index (χ2n) is 8.43. The predicted octanol–water partition coefficient (Wildman–Crippen LogP) is 4.05. The lowest BCUT2D eigenvalue weighted by Gasteiger charge is -2.18. The molecule has 5 rings (SSSR count). The van der Waals surface area contributed by atoms with E-state index in [1.54, 1.807) is 42.5 Å². The lowest BCUT2D eigenvalue weighted by Crippen LogP contribution is -2.25. The summed E-state index contributed by atoms with van der Waals surface area (Å²) in [5, 5.41) is 9.13. The van der Waals surface area contributed by atoms with Crippen LogP contribution < -0.4 is 14.9 Å². The maximum absolute atomic E-state index is 14.3. The van der Waals surface area contributed by atoms with E-state index in [2.05, 4.69) is 15.4 Å². The van der Waals surface area contributed by atoms with E-state index < -0.39 is 15.8 Å². The van der Waals surface area contributed by atoms with E-state index in [0.717, 1.165) is 4.31 Å². The highest BCUT2D eigenvalue weighted by Gasteiger charge is 2.19. The first-order valence-corrected chi connectivity index (χ1v) is 13.7. The zero-order valence-electron chi connectivity index (χ0n) is 20.3. The molecule has 0 radical (unpaired) electrons. The van der Waals surface area contributed by atoms with Gasteiger partial charge >= 0.3 is 0 Å². The molecular formula is C26H22FN5O4S2. The predicted molar refractivity (Wildman–Crippen MR) is 144 cm³/mol. The molecule has 4 aromatic rings. The summed E-state index contributed by atoms with van der Waals surface area (Å²) in [6, 6.07) is 17.9. The molecule has 0 spiro atoms. The van der Waals surface area contributed by atoms with E-state index in [9.17, 15) is 17.6 Å². The van der Waals surface area contributed by atoms with Gasteiger partial charge in [-0.05, 0) is 42.5 Å². The fourth-order valence-corrected chi connectivity index (χ4v) is 5.46. The minimum atomic E-state index is -3.65. The Morgan fingerprint density at radius 3 is 2.71 bits per heavy atom. The van der Waals surface area contributed by atoms with Crippen molar-refractivity contribution in [2.75, 3.05) is 26.0 Å². The largest absolute Gasteiger partial charge is 0.482 e. The van der Waals surface area contributed by atoms with Crippen molar-refractivity contribution < 1.29 is 22.3 Å². The van der Waals surface area contributed by atoms with Crippen LogP contribution in [-0.4, -0.2) is 50.2 Å². The molecule has 9 nitrogen and oxygen atoms in total. The van der Waals surface area contributed by atoms with Gasteiger partial charge in [-0.1, -0.05) is 24.3 Å². The van der Waals surface area contributed by atoms with Crippen LogP contribution >= 0.6 is 11.3 Å². The van der Waals surface area contributed by atoms with Gasteiger partial charge in [0.05, 0.1) is 28.2 Å². The summed E-state index contributed by atoms with van der Waals surface area (Å²) in [5.41, 5.74) is 2.55. The molecule has 3 aromatic carbocycles. The molecule has 1 aliphatic heterocycles. The number of fused-ring (bicyclic) bond motifs is 1. The molecule has 1 N–H and O–H groups in total. The van der Waals surface area contributed by atoms with Crippen LogP contribution in [0.4, 0.5) is 15.8 Å². The van der Waals surface area contributed by atoms with Gasteiger partial charge < -0.3 is 10.1 Å². The minimum absolute atomic E-state index is 0.0522. The quantitative estimate of drug-likeness (QED) is 0.365. The van der Waals surface area contributed by atoms with Crippen LogP contribution in [0.1, 0.15) is 5.56 Å². The van der Waals surface area contributed by atoms with Gasteiger partial charge in [0.15, 0.2) is 6.61 Å². The van der Waals surface area contributed by atoms with Gasteiger partial charge in [0.2, 0.25) is 14.8 Å². The van der Waals surface area contributed by atoms with Gasteiger partial charge in [0.25, 0.3) is 5.91 Å². The van der Waals surface area contributed by atoms with E-state index in [0.29, 0.717) is 33.2 Å². The molecule has 1 aliphatic rings. The number of nitrogens with zero attached hydrogens (tertiary/aromatic N) is 4. The normalized spacial score (nSPS) is 14.0. The smallest absolute Gasteiger partial charge is 0.262 e. The molecule has 0 atom stereocenters. The van der Waals surface area contributed by atoms with E-state index in [1.165, 1.54) is 54.5 Å². The fraction of sp³-hybridized carbons (Fsp3) is 0.115. The molecule has 1 amide bonds. The Labute approximate surface area is 222 Å². The SMILES string of the molecule is CN(C)S(=O)(=O)c1cccc(N=c2scc(-c3ccc4c(c3)NC(=O)CO4)n2N=Cc2ccccc2F)c1. The first-order valence-electron chi connectivity index (χ1n) is 11.4. The van der Waals surface area contributed by atoms with Gasteiger partial charge in [0.1, 0.15) is 11.6 Å². The number of amides is 1. The van der Waals surface area contributed by atoms with Crippen molar-refractivity contribution in [2.45, 2.75) is 4.90 Å². The summed E-state index contributed by atoms with van der Waals surface area (Å²) < 4.78 is 47.6. The van der Waals surface area contributed by atoms with E-state index in [-0.39, 0.29) is 23.0 Å². The van der Waals surface area contributed by atoms with E-state index >= 15 is 0 Å². The van der Waals surface area contributed by atoms with Gasteiger partial charge in [-0.15, -0.1) is 11.3 Å². The van der Waals surface area contributed by atoms with Crippen molar-refractivity contribution in [1.29, 1.82) is 0 Å². The van der Waals surface area contributed by atoms with Crippen LogP contribution in [0.3, 0.4) is 0 Å². The minimum Gasteiger partial charge on any atom is -0.482 e. The van der Waals surface area contributed by atoms with Crippen molar-refractivity contribution in [2.24, 2.45) is 10.1 Å². The molecule has 0 saturated carbocycles. The maximum atomic E-state index is 14.3. The van der Waals surface area contributed by atoms with Crippen molar-refractivity contribution >= 4 is 44.9 Å². The number of hydrogen-bond acceptors (Lipinski definition) is 7. The van der Waals surface area contributed by atoms with Gasteiger partial charge in [0, 0.05) is 30.6 Å². The average Bonchev–Trinajstić information content (AvgIpc) is 3.30. The number of hydrogen-bond donors (Lipinski definition) is 1. The summed E-state index contributed by atoms with van der Waals surface area (Å²) in [5.74, 6) is -0.134. The second-order valence-corrected chi connectivity index (χ2v) is 11.4. The Balaban J connectivity index is 1.64.